The molecule has 0 saturated heterocycles. The molecule has 0 saturated carbocycles. The minimum absolute atomic E-state index is 0.127. The molecule has 126 valence electrons. The van der Waals surface area contributed by atoms with Crippen LogP contribution in [-0.4, -0.2) is 21.1 Å². The highest BCUT2D eigenvalue weighted by Crippen LogP contribution is 2.18. The highest BCUT2D eigenvalue weighted by atomic mass is 32.1. The average molecular weight is 352 g/mol. The van der Waals surface area contributed by atoms with Crippen molar-refractivity contribution in [3.8, 4) is 5.75 Å². The van der Waals surface area contributed by atoms with Gasteiger partial charge in [-0.2, -0.15) is 14.9 Å². The fraction of sp³-hybridized carbons (Fsp3) is 0.111. The van der Waals surface area contributed by atoms with E-state index in [9.17, 15) is 4.79 Å². The second-order valence-corrected chi connectivity index (χ2v) is 5.77. The number of nitrogens with zero attached hydrogens (tertiary/aromatic N) is 3. The summed E-state index contributed by atoms with van der Waals surface area (Å²) in [6.45, 7) is 2.49. The fourth-order valence-electron chi connectivity index (χ4n) is 2.14. The van der Waals surface area contributed by atoms with Crippen molar-refractivity contribution in [2.75, 3.05) is 0 Å². The number of aromatic amines is 1. The Balaban J connectivity index is 1.81. The summed E-state index contributed by atoms with van der Waals surface area (Å²) in [6, 6.07) is 15.6. The quantitative estimate of drug-likeness (QED) is 0.566. The molecule has 0 bridgehead atoms. The third kappa shape index (κ3) is 4.27. The second-order valence-electron chi connectivity index (χ2n) is 5.38. The topological polar surface area (TPSA) is 72.3 Å². The normalized spacial score (nSPS) is 10.9. The van der Waals surface area contributed by atoms with E-state index in [4.69, 9.17) is 17.0 Å². The first-order valence-electron chi connectivity index (χ1n) is 7.62. The molecule has 0 atom stereocenters. The first-order chi connectivity index (χ1) is 12.1. The number of aryl methyl sites for hydroxylation is 1. The summed E-state index contributed by atoms with van der Waals surface area (Å²) < 4.78 is 7.08. The number of rotatable bonds is 5. The van der Waals surface area contributed by atoms with Crippen molar-refractivity contribution in [3.05, 3.63) is 86.5 Å². The molecule has 0 fully saturated rings. The molecule has 6 nitrogen and oxygen atoms in total. The molecule has 2 aromatic carbocycles. The van der Waals surface area contributed by atoms with Gasteiger partial charge in [0.25, 0.3) is 5.56 Å². The van der Waals surface area contributed by atoms with Gasteiger partial charge in [0, 0.05) is 5.56 Å². The van der Waals surface area contributed by atoms with Crippen LogP contribution in [0.4, 0.5) is 0 Å². The average Bonchev–Trinajstić information content (AvgIpc) is 2.62. The summed E-state index contributed by atoms with van der Waals surface area (Å²) in [5, 5.41) is 10.3. The maximum atomic E-state index is 11.8. The third-order valence-corrected chi connectivity index (χ3v) is 3.75. The van der Waals surface area contributed by atoms with E-state index in [-0.39, 0.29) is 4.77 Å². The molecule has 0 aliphatic heterocycles. The summed E-state index contributed by atoms with van der Waals surface area (Å²) in [6.07, 6.45) is 2.66. The molecule has 1 N–H and O–H groups in total. The van der Waals surface area contributed by atoms with Crippen molar-refractivity contribution in [1.29, 1.82) is 0 Å². The fourth-order valence-corrected chi connectivity index (χ4v) is 2.33. The van der Waals surface area contributed by atoms with E-state index in [1.807, 2.05) is 55.5 Å². The Hall–Kier alpha value is -3.06. The standard InChI is InChI=1S/C18H16N4O2S/c1-13-6-8-14(9-7-13)12-24-16-5-3-2-4-15(16)10-20-22-17(23)11-19-21-18(22)25/h2-11H,12H2,1H3,(H,21,25)/b20-10-. The molecule has 3 aromatic rings. The number of ether oxygens (including phenoxy) is 1. The Bertz CT molecular complexity index is 978. The molecule has 0 aliphatic rings. The molecule has 3 rings (SSSR count). The molecule has 1 heterocycles. The number of nitrogens with one attached hydrogen (secondary N) is 1. The Labute approximate surface area is 149 Å². The van der Waals surface area contributed by atoms with Crippen LogP contribution in [0.1, 0.15) is 16.7 Å². The van der Waals surface area contributed by atoms with Crippen molar-refractivity contribution in [2.24, 2.45) is 5.10 Å². The highest BCUT2D eigenvalue weighted by molar-refractivity contribution is 7.71. The smallest absolute Gasteiger partial charge is 0.293 e. The number of H-pyrrole nitrogens is 1. The van der Waals surface area contributed by atoms with Gasteiger partial charge in [-0.15, -0.1) is 0 Å². The van der Waals surface area contributed by atoms with Crippen molar-refractivity contribution in [3.63, 3.8) is 0 Å². The number of hydrogen-bond donors (Lipinski definition) is 1. The van der Waals surface area contributed by atoms with E-state index in [2.05, 4.69) is 15.3 Å². The van der Waals surface area contributed by atoms with Crippen LogP contribution in [0.5, 0.6) is 5.75 Å². The molecule has 0 amide bonds. The van der Waals surface area contributed by atoms with E-state index in [0.717, 1.165) is 22.0 Å². The van der Waals surface area contributed by atoms with Crippen LogP contribution in [-0.2, 0) is 6.61 Å². The zero-order valence-corrected chi connectivity index (χ0v) is 14.4. The molecule has 0 aliphatic carbocycles. The molecule has 25 heavy (non-hydrogen) atoms. The summed E-state index contributed by atoms with van der Waals surface area (Å²) in [5.41, 5.74) is 2.62. The van der Waals surface area contributed by atoms with Gasteiger partial charge in [0.1, 0.15) is 18.6 Å². The predicted octanol–water partition coefficient (Wildman–Crippen LogP) is 3.07. The minimum Gasteiger partial charge on any atom is -0.488 e. The Morgan fingerprint density at radius 3 is 2.76 bits per heavy atom. The number of para-hydroxylation sites is 1. The summed E-state index contributed by atoms with van der Waals surface area (Å²) in [7, 11) is 0. The molecular formula is C18H16N4O2S. The lowest BCUT2D eigenvalue weighted by molar-refractivity contribution is 0.306. The van der Waals surface area contributed by atoms with Crippen molar-refractivity contribution in [1.82, 2.24) is 14.9 Å². The van der Waals surface area contributed by atoms with Crippen LogP contribution in [0.15, 0.2) is 64.6 Å². The summed E-state index contributed by atoms with van der Waals surface area (Å²) in [4.78, 5) is 11.8. The van der Waals surface area contributed by atoms with Gasteiger partial charge in [0.15, 0.2) is 0 Å². The van der Waals surface area contributed by atoms with Crippen molar-refractivity contribution >= 4 is 18.4 Å². The molecule has 0 spiro atoms. The first-order valence-corrected chi connectivity index (χ1v) is 8.03. The lowest BCUT2D eigenvalue weighted by Gasteiger charge is -2.09. The van der Waals surface area contributed by atoms with Gasteiger partial charge in [-0.1, -0.05) is 42.0 Å². The van der Waals surface area contributed by atoms with E-state index >= 15 is 0 Å². The molecule has 1 aromatic heterocycles. The molecule has 7 heteroatoms. The zero-order chi connectivity index (χ0) is 17.6. The highest BCUT2D eigenvalue weighted by Gasteiger charge is 2.02. The SMILES string of the molecule is Cc1ccc(COc2ccccc2/C=N\n2c(=O)cn[nH]c2=S)cc1. The Kier molecular flexibility index (Phi) is 5.15. The maximum Gasteiger partial charge on any atom is 0.293 e. The van der Waals surface area contributed by atoms with Crippen LogP contribution in [0.3, 0.4) is 0 Å². The first kappa shape index (κ1) is 16.8. The van der Waals surface area contributed by atoms with Gasteiger partial charge in [-0.05, 0) is 36.8 Å². The molecule has 0 unspecified atom stereocenters. The summed E-state index contributed by atoms with van der Waals surface area (Å²) >= 11 is 5.01. The van der Waals surface area contributed by atoms with Crippen LogP contribution >= 0.6 is 12.2 Å². The zero-order valence-electron chi connectivity index (χ0n) is 13.5. The Morgan fingerprint density at radius 1 is 1.24 bits per heavy atom. The van der Waals surface area contributed by atoms with Gasteiger partial charge in [-0.3, -0.25) is 9.89 Å². The number of aromatic nitrogens is 3. The van der Waals surface area contributed by atoms with Gasteiger partial charge in [0.2, 0.25) is 4.77 Å². The largest absolute Gasteiger partial charge is 0.488 e. The minimum atomic E-state index is -0.405. The number of hydrogen-bond acceptors (Lipinski definition) is 5. The molecular weight excluding hydrogens is 336 g/mol. The monoisotopic (exact) mass is 352 g/mol. The van der Waals surface area contributed by atoms with E-state index in [0.29, 0.717) is 12.4 Å². The van der Waals surface area contributed by atoms with Gasteiger partial charge >= 0.3 is 0 Å². The van der Waals surface area contributed by atoms with Crippen LogP contribution in [0, 0.1) is 11.7 Å². The van der Waals surface area contributed by atoms with Gasteiger partial charge in [0.05, 0.1) is 6.21 Å². The third-order valence-electron chi connectivity index (χ3n) is 3.48. The van der Waals surface area contributed by atoms with Crippen LogP contribution < -0.4 is 10.3 Å². The maximum absolute atomic E-state index is 11.8. The lowest BCUT2D eigenvalue weighted by atomic mass is 10.1. The predicted molar refractivity (Wildman–Crippen MR) is 98.6 cm³/mol. The van der Waals surface area contributed by atoms with Crippen molar-refractivity contribution in [2.45, 2.75) is 13.5 Å². The lowest BCUT2D eigenvalue weighted by Crippen LogP contribution is -2.18. The van der Waals surface area contributed by atoms with E-state index in [1.165, 1.54) is 11.8 Å². The van der Waals surface area contributed by atoms with E-state index < -0.39 is 5.56 Å². The van der Waals surface area contributed by atoms with Crippen LogP contribution in [0.2, 0.25) is 0 Å². The molecule has 0 radical (unpaired) electrons. The van der Waals surface area contributed by atoms with E-state index in [1.54, 1.807) is 0 Å². The summed E-state index contributed by atoms with van der Waals surface area (Å²) in [5.74, 6) is 0.670. The van der Waals surface area contributed by atoms with Crippen LogP contribution in [0.25, 0.3) is 0 Å². The van der Waals surface area contributed by atoms with Gasteiger partial charge in [-0.25, -0.2) is 0 Å². The number of benzene rings is 2. The Morgan fingerprint density at radius 2 is 2.00 bits per heavy atom. The van der Waals surface area contributed by atoms with Gasteiger partial charge < -0.3 is 4.74 Å². The second kappa shape index (κ2) is 7.67. The van der Waals surface area contributed by atoms with Crippen molar-refractivity contribution < 1.29 is 4.74 Å².